The number of nitrogens with two attached hydrogens (primary N) is 1. The van der Waals surface area contributed by atoms with Gasteiger partial charge in [0.25, 0.3) is 0 Å². The highest BCUT2D eigenvalue weighted by atomic mass is 16.4. The molecule has 1 saturated heterocycles. The Morgan fingerprint density at radius 3 is 2.72 bits per heavy atom. The fourth-order valence-electron chi connectivity index (χ4n) is 2.30. The van der Waals surface area contributed by atoms with E-state index in [0.717, 1.165) is 5.56 Å². The number of anilines is 1. The first kappa shape index (κ1) is 12.4. The normalized spacial score (nSPS) is 18.9. The molecule has 0 radical (unpaired) electrons. The van der Waals surface area contributed by atoms with Crippen LogP contribution < -0.4 is 10.6 Å². The van der Waals surface area contributed by atoms with Gasteiger partial charge in [-0.15, -0.1) is 0 Å². The molecule has 1 unspecified atom stereocenters. The molecular formula is C13H16N2O3. The maximum atomic E-state index is 11.2. The molecule has 5 nitrogen and oxygen atoms in total. The van der Waals surface area contributed by atoms with Gasteiger partial charge in [0, 0.05) is 13.1 Å². The summed E-state index contributed by atoms with van der Waals surface area (Å²) in [7, 11) is 0. The zero-order valence-electron chi connectivity index (χ0n) is 10.2. The van der Waals surface area contributed by atoms with Crippen molar-refractivity contribution in [3.8, 4) is 0 Å². The zero-order valence-corrected chi connectivity index (χ0v) is 10.2. The minimum absolute atomic E-state index is 0.188. The van der Waals surface area contributed by atoms with Crippen LogP contribution in [-0.4, -0.2) is 30.1 Å². The fourth-order valence-corrected chi connectivity index (χ4v) is 2.30. The van der Waals surface area contributed by atoms with Crippen molar-refractivity contribution in [2.75, 3.05) is 18.0 Å². The molecule has 1 aromatic rings. The second-order valence-electron chi connectivity index (χ2n) is 4.66. The van der Waals surface area contributed by atoms with E-state index in [4.69, 9.17) is 5.73 Å². The largest absolute Gasteiger partial charge is 0.478 e. The summed E-state index contributed by atoms with van der Waals surface area (Å²) < 4.78 is 0. The molecule has 1 aromatic carbocycles. The monoisotopic (exact) mass is 248 g/mol. The number of primary amides is 1. The molecule has 5 heteroatoms. The fraction of sp³-hybridized carbons (Fsp3) is 0.385. The number of carbonyl (C=O) groups is 2. The summed E-state index contributed by atoms with van der Waals surface area (Å²) in [5.41, 5.74) is 7.22. The number of carbonyl (C=O) groups excluding carboxylic acids is 1. The lowest BCUT2D eigenvalue weighted by molar-refractivity contribution is -0.121. The van der Waals surface area contributed by atoms with E-state index in [-0.39, 0.29) is 17.4 Å². The zero-order chi connectivity index (χ0) is 13.3. The lowest BCUT2D eigenvalue weighted by atomic mass is 10.1. The molecule has 2 rings (SSSR count). The number of aryl methyl sites for hydroxylation is 1. The van der Waals surface area contributed by atoms with Crippen LogP contribution in [-0.2, 0) is 4.79 Å². The van der Waals surface area contributed by atoms with Crippen LogP contribution in [0.3, 0.4) is 0 Å². The van der Waals surface area contributed by atoms with Crippen LogP contribution in [0.2, 0.25) is 0 Å². The van der Waals surface area contributed by atoms with Crippen molar-refractivity contribution in [2.24, 2.45) is 11.7 Å². The number of aromatic carboxylic acids is 1. The average molecular weight is 248 g/mol. The van der Waals surface area contributed by atoms with Crippen LogP contribution >= 0.6 is 0 Å². The molecule has 0 bridgehead atoms. The molecule has 1 atom stereocenters. The molecule has 96 valence electrons. The van der Waals surface area contributed by atoms with Gasteiger partial charge in [-0.25, -0.2) is 4.79 Å². The maximum absolute atomic E-state index is 11.2. The maximum Gasteiger partial charge on any atom is 0.337 e. The Hall–Kier alpha value is -2.04. The number of hydrogen-bond donors (Lipinski definition) is 2. The van der Waals surface area contributed by atoms with Crippen molar-refractivity contribution in [3.63, 3.8) is 0 Å². The van der Waals surface area contributed by atoms with Gasteiger partial charge in [0.2, 0.25) is 5.91 Å². The number of carboxylic acids is 1. The molecule has 1 aliphatic rings. The topological polar surface area (TPSA) is 83.6 Å². The third kappa shape index (κ3) is 2.30. The van der Waals surface area contributed by atoms with Crippen molar-refractivity contribution in [1.82, 2.24) is 0 Å². The van der Waals surface area contributed by atoms with Crippen LogP contribution in [0.5, 0.6) is 0 Å². The second-order valence-corrected chi connectivity index (χ2v) is 4.66. The molecule has 0 aromatic heterocycles. The van der Waals surface area contributed by atoms with Gasteiger partial charge < -0.3 is 15.7 Å². The molecule has 3 N–H and O–H groups in total. The number of benzene rings is 1. The van der Waals surface area contributed by atoms with Crippen LogP contribution in [0.1, 0.15) is 22.3 Å². The van der Waals surface area contributed by atoms with Crippen LogP contribution in [0, 0.1) is 12.8 Å². The summed E-state index contributed by atoms with van der Waals surface area (Å²) in [5.74, 6) is -1.46. The Morgan fingerprint density at radius 1 is 1.44 bits per heavy atom. The molecule has 1 amide bonds. The number of carboxylic acid groups (broad SMARTS) is 1. The van der Waals surface area contributed by atoms with E-state index in [1.165, 1.54) is 0 Å². The number of rotatable bonds is 3. The SMILES string of the molecule is Cc1ccc(C(=O)O)c(N2CCC(C(N)=O)C2)c1. The van der Waals surface area contributed by atoms with Crippen LogP contribution in [0.25, 0.3) is 0 Å². The van der Waals surface area contributed by atoms with E-state index in [2.05, 4.69) is 0 Å². The minimum atomic E-state index is -0.951. The lowest BCUT2D eigenvalue weighted by Crippen LogP contribution is -2.28. The van der Waals surface area contributed by atoms with Gasteiger partial charge in [-0.2, -0.15) is 0 Å². The first-order chi connectivity index (χ1) is 8.49. The standard InChI is InChI=1S/C13H16N2O3/c1-8-2-3-10(13(17)18)11(6-8)15-5-4-9(7-15)12(14)16/h2-3,6,9H,4-5,7H2,1H3,(H2,14,16)(H,17,18). The predicted octanol–water partition coefficient (Wildman–Crippen LogP) is 1.00. The smallest absolute Gasteiger partial charge is 0.337 e. The quantitative estimate of drug-likeness (QED) is 0.836. The van der Waals surface area contributed by atoms with E-state index in [0.29, 0.717) is 25.2 Å². The highest BCUT2D eigenvalue weighted by molar-refractivity contribution is 5.95. The first-order valence-corrected chi connectivity index (χ1v) is 5.87. The van der Waals surface area contributed by atoms with Gasteiger partial charge in [-0.3, -0.25) is 4.79 Å². The van der Waals surface area contributed by atoms with Crippen molar-refractivity contribution in [2.45, 2.75) is 13.3 Å². The Morgan fingerprint density at radius 2 is 2.17 bits per heavy atom. The van der Waals surface area contributed by atoms with Gasteiger partial charge in [-0.1, -0.05) is 6.07 Å². The van der Waals surface area contributed by atoms with Gasteiger partial charge in [0.05, 0.1) is 17.2 Å². The van der Waals surface area contributed by atoms with E-state index in [1.807, 2.05) is 17.9 Å². The summed E-state index contributed by atoms with van der Waals surface area (Å²) in [5, 5.41) is 9.17. The first-order valence-electron chi connectivity index (χ1n) is 5.87. The van der Waals surface area contributed by atoms with Crippen molar-refractivity contribution >= 4 is 17.6 Å². The predicted molar refractivity (Wildman–Crippen MR) is 67.7 cm³/mol. The highest BCUT2D eigenvalue weighted by Crippen LogP contribution is 2.28. The molecule has 18 heavy (non-hydrogen) atoms. The van der Waals surface area contributed by atoms with Crippen LogP contribution in [0.15, 0.2) is 18.2 Å². The van der Waals surface area contributed by atoms with E-state index in [1.54, 1.807) is 12.1 Å². The van der Waals surface area contributed by atoms with E-state index in [9.17, 15) is 14.7 Å². The molecule has 0 saturated carbocycles. The summed E-state index contributed by atoms with van der Waals surface area (Å²) in [6.45, 7) is 3.08. The minimum Gasteiger partial charge on any atom is -0.478 e. The lowest BCUT2D eigenvalue weighted by Gasteiger charge is -2.21. The number of nitrogens with zero attached hydrogens (tertiary/aromatic N) is 1. The third-order valence-corrected chi connectivity index (χ3v) is 3.31. The Bertz CT molecular complexity index is 499. The summed E-state index contributed by atoms with van der Waals surface area (Å²) in [6, 6.07) is 5.21. The molecule has 1 aliphatic heterocycles. The Labute approximate surface area is 105 Å². The Balaban J connectivity index is 2.31. The average Bonchev–Trinajstić information content (AvgIpc) is 2.77. The van der Waals surface area contributed by atoms with Crippen LogP contribution in [0.4, 0.5) is 5.69 Å². The third-order valence-electron chi connectivity index (χ3n) is 3.31. The van der Waals surface area contributed by atoms with E-state index >= 15 is 0 Å². The van der Waals surface area contributed by atoms with Crippen molar-refractivity contribution < 1.29 is 14.7 Å². The van der Waals surface area contributed by atoms with Crippen molar-refractivity contribution in [1.29, 1.82) is 0 Å². The molecule has 0 aliphatic carbocycles. The number of amides is 1. The van der Waals surface area contributed by atoms with E-state index < -0.39 is 5.97 Å². The molecule has 1 fully saturated rings. The summed E-state index contributed by atoms with van der Waals surface area (Å²) in [6.07, 6.45) is 0.683. The van der Waals surface area contributed by atoms with Gasteiger partial charge in [0.1, 0.15) is 0 Å². The molecule has 1 heterocycles. The molecule has 0 spiro atoms. The summed E-state index contributed by atoms with van der Waals surface area (Å²) >= 11 is 0. The summed E-state index contributed by atoms with van der Waals surface area (Å²) in [4.78, 5) is 24.3. The highest BCUT2D eigenvalue weighted by Gasteiger charge is 2.28. The number of hydrogen-bond acceptors (Lipinski definition) is 3. The molecular weight excluding hydrogens is 232 g/mol. The second kappa shape index (κ2) is 4.68. The van der Waals surface area contributed by atoms with Crippen molar-refractivity contribution in [3.05, 3.63) is 29.3 Å². The van der Waals surface area contributed by atoms with Gasteiger partial charge in [-0.05, 0) is 31.0 Å². The Kier molecular flexibility index (Phi) is 3.23. The van der Waals surface area contributed by atoms with Gasteiger partial charge >= 0.3 is 5.97 Å². The van der Waals surface area contributed by atoms with Gasteiger partial charge in [0.15, 0.2) is 0 Å².